The summed E-state index contributed by atoms with van der Waals surface area (Å²) in [5.41, 5.74) is 0.422. The van der Waals surface area contributed by atoms with E-state index in [4.69, 9.17) is 46.4 Å². The lowest BCUT2D eigenvalue weighted by Gasteiger charge is -2.07. The highest BCUT2D eigenvalue weighted by molar-refractivity contribution is 6.46. The highest BCUT2D eigenvalue weighted by Crippen LogP contribution is 2.34. The fourth-order valence-corrected chi connectivity index (χ4v) is 1.83. The molecule has 14 heavy (non-hydrogen) atoms. The Morgan fingerprint density at radius 1 is 1.14 bits per heavy atom. The first-order valence-electron chi connectivity index (χ1n) is 3.61. The molecular weight excluding hydrogens is 268 g/mol. The summed E-state index contributed by atoms with van der Waals surface area (Å²) in [5, 5.41) is 0.460. The quantitative estimate of drug-likeness (QED) is 0.766. The fraction of sp³-hybridized carbons (Fsp3) is 0.250. The maximum Gasteiger partial charge on any atom is 0.149 e. The second-order valence-corrected chi connectivity index (χ2v) is 4.15. The highest BCUT2D eigenvalue weighted by Gasteiger charge is 2.16. The van der Waals surface area contributed by atoms with Gasteiger partial charge in [0.15, 0.2) is 0 Å². The number of carbonyl (C=O) groups is 1. The van der Waals surface area contributed by atoms with Gasteiger partial charge in [0.25, 0.3) is 0 Å². The summed E-state index contributed by atoms with van der Waals surface area (Å²) in [7, 11) is 0. The number of halogens is 4. The van der Waals surface area contributed by atoms with Crippen LogP contribution in [0.5, 0.6) is 0 Å². The molecule has 0 saturated carbocycles. The second kappa shape index (κ2) is 4.67. The zero-order valence-electron chi connectivity index (χ0n) is 7.07. The average Bonchev–Trinajstić information content (AvgIpc) is 2.09. The predicted octanol–water partition coefficient (Wildman–Crippen LogP) is 3.83. The van der Waals surface area contributed by atoms with Crippen molar-refractivity contribution >= 4 is 52.2 Å². The molecule has 0 atom stereocenters. The third-order valence-electron chi connectivity index (χ3n) is 1.51. The van der Waals surface area contributed by atoms with Crippen LogP contribution < -0.4 is 0 Å². The topological polar surface area (TPSA) is 30.0 Å². The smallest absolute Gasteiger partial charge is 0.149 e. The molecule has 1 heterocycles. The Morgan fingerprint density at radius 2 is 1.57 bits per heavy atom. The third-order valence-corrected chi connectivity index (χ3v) is 3.07. The molecule has 0 saturated heterocycles. The molecule has 0 aliphatic rings. The van der Waals surface area contributed by atoms with E-state index in [2.05, 4.69) is 4.98 Å². The molecule has 0 unspecified atom stereocenters. The number of pyridine rings is 1. The monoisotopic (exact) mass is 271 g/mol. The summed E-state index contributed by atoms with van der Waals surface area (Å²) in [6.07, 6.45) is 0.0969. The van der Waals surface area contributed by atoms with Gasteiger partial charge in [0, 0.05) is 12.0 Å². The van der Waals surface area contributed by atoms with E-state index in [1.807, 2.05) is 0 Å². The van der Waals surface area contributed by atoms with Gasteiger partial charge in [-0.3, -0.25) is 4.79 Å². The van der Waals surface area contributed by atoms with Crippen LogP contribution >= 0.6 is 46.4 Å². The Morgan fingerprint density at radius 3 is 1.93 bits per heavy atom. The molecule has 0 aliphatic heterocycles. The Labute approximate surface area is 101 Å². The largest absolute Gasteiger partial charge is 0.300 e. The maximum absolute atomic E-state index is 10.9. The van der Waals surface area contributed by atoms with Gasteiger partial charge in [-0.1, -0.05) is 46.4 Å². The highest BCUT2D eigenvalue weighted by atomic mass is 35.5. The number of Topliss-reactive ketones (excluding diaryl/α,β-unsaturated/α-hetero) is 1. The number of rotatable bonds is 2. The molecule has 0 bridgehead atoms. The molecule has 0 aromatic carbocycles. The van der Waals surface area contributed by atoms with Crippen molar-refractivity contribution in [3.05, 3.63) is 25.9 Å². The summed E-state index contributed by atoms with van der Waals surface area (Å²) in [6, 6.07) is 0. The van der Waals surface area contributed by atoms with Gasteiger partial charge in [-0.15, -0.1) is 0 Å². The molecular formula is C8H5Cl4NO. The number of aromatic nitrogens is 1. The van der Waals surface area contributed by atoms with Crippen LogP contribution in [0, 0.1) is 0 Å². The number of nitrogens with zero attached hydrogens (tertiary/aromatic N) is 1. The molecule has 1 aromatic heterocycles. The van der Waals surface area contributed by atoms with Gasteiger partial charge in [-0.25, -0.2) is 4.98 Å². The van der Waals surface area contributed by atoms with Crippen LogP contribution in [0.4, 0.5) is 0 Å². The molecule has 2 nitrogen and oxygen atoms in total. The van der Waals surface area contributed by atoms with E-state index < -0.39 is 0 Å². The van der Waals surface area contributed by atoms with Gasteiger partial charge >= 0.3 is 0 Å². The summed E-state index contributed by atoms with van der Waals surface area (Å²) in [6.45, 7) is 1.43. The van der Waals surface area contributed by atoms with E-state index in [1.165, 1.54) is 6.92 Å². The molecule has 1 aromatic rings. The van der Waals surface area contributed by atoms with Crippen molar-refractivity contribution in [2.45, 2.75) is 13.3 Å². The van der Waals surface area contributed by atoms with Crippen molar-refractivity contribution < 1.29 is 4.79 Å². The summed E-state index contributed by atoms with van der Waals surface area (Å²) >= 11 is 23.0. The van der Waals surface area contributed by atoms with Crippen LogP contribution in [0.2, 0.25) is 20.4 Å². The first-order chi connectivity index (χ1) is 6.43. The second-order valence-electron chi connectivity index (χ2n) is 2.68. The van der Waals surface area contributed by atoms with Gasteiger partial charge in [0.2, 0.25) is 0 Å². The first kappa shape index (κ1) is 12.1. The maximum atomic E-state index is 10.9. The molecule has 0 amide bonds. The van der Waals surface area contributed by atoms with Crippen molar-refractivity contribution in [2.75, 3.05) is 0 Å². The minimum Gasteiger partial charge on any atom is -0.300 e. The van der Waals surface area contributed by atoms with Crippen molar-refractivity contribution in [2.24, 2.45) is 0 Å². The van der Waals surface area contributed by atoms with Gasteiger partial charge < -0.3 is 0 Å². The predicted molar refractivity (Wildman–Crippen MR) is 58.7 cm³/mol. The molecule has 76 valence electrons. The third kappa shape index (κ3) is 2.51. The van der Waals surface area contributed by atoms with Crippen molar-refractivity contribution in [1.82, 2.24) is 4.98 Å². The number of hydrogen-bond donors (Lipinski definition) is 0. The zero-order chi connectivity index (χ0) is 10.9. The zero-order valence-corrected chi connectivity index (χ0v) is 10.1. The Kier molecular flexibility index (Phi) is 4.02. The standard InChI is InChI=1S/C8H5Cl4NO/c1-3(14)2-4-5(9)7(11)13-8(12)6(4)10/h2H2,1H3. The van der Waals surface area contributed by atoms with Gasteiger partial charge in [-0.2, -0.15) is 0 Å². The molecule has 0 spiro atoms. The number of hydrogen-bond acceptors (Lipinski definition) is 2. The minimum atomic E-state index is -0.0767. The van der Waals surface area contributed by atoms with E-state index in [1.54, 1.807) is 0 Å². The lowest BCUT2D eigenvalue weighted by Crippen LogP contribution is -2.00. The summed E-state index contributed by atoms with van der Waals surface area (Å²) in [5.74, 6) is -0.0767. The lowest BCUT2D eigenvalue weighted by atomic mass is 10.1. The van der Waals surface area contributed by atoms with E-state index in [-0.39, 0.29) is 32.6 Å². The normalized spacial score (nSPS) is 10.4. The molecule has 0 radical (unpaired) electrons. The van der Waals surface area contributed by atoms with Crippen LogP contribution in [-0.2, 0) is 11.2 Å². The van der Waals surface area contributed by atoms with E-state index in [0.29, 0.717) is 5.56 Å². The molecule has 0 N–H and O–H groups in total. The average molecular weight is 273 g/mol. The number of carbonyl (C=O) groups excluding carboxylic acids is 1. The lowest BCUT2D eigenvalue weighted by molar-refractivity contribution is -0.116. The summed E-state index contributed by atoms with van der Waals surface area (Å²) in [4.78, 5) is 14.6. The van der Waals surface area contributed by atoms with Crippen LogP contribution in [0.1, 0.15) is 12.5 Å². The SMILES string of the molecule is CC(=O)Cc1c(Cl)c(Cl)nc(Cl)c1Cl. The van der Waals surface area contributed by atoms with E-state index in [9.17, 15) is 4.79 Å². The molecule has 1 rings (SSSR count). The van der Waals surface area contributed by atoms with E-state index in [0.717, 1.165) is 0 Å². The number of ketones is 1. The first-order valence-corrected chi connectivity index (χ1v) is 5.13. The van der Waals surface area contributed by atoms with Gasteiger partial charge in [0.1, 0.15) is 16.1 Å². The van der Waals surface area contributed by atoms with Gasteiger partial charge in [-0.05, 0) is 6.92 Å². The van der Waals surface area contributed by atoms with Crippen molar-refractivity contribution in [3.63, 3.8) is 0 Å². The Balaban J connectivity index is 3.31. The van der Waals surface area contributed by atoms with E-state index >= 15 is 0 Å². The fourth-order valence-electron chi connectivity index (χ4n) is 0.934. The van der Waals surface area contributed by atoms with Gasteiger partial charge in [0.05, 0.1) is 10.0 Å². The molecule has 0 aliphatic carbocycles. The minimum absolute atomic E-state index is 0.0531. The molecule has 6 heteroatoms. The van der Waals surface area contributed by atoms with Crippen LogP contribution in [0.15, 0.2) is 0 Å². The van der Waals surface area contributed by atoms with Crippen LogP contribution in [0.25, 0.3) is 0 Å². The van der Waals surface area contributed by atoms with Crippen molar-refractivity contribution in [1.29, 1.82) is 0 Å². The van der Waals surface area contributed by atoms with Crippen LogP contribution in [0.3, 0.4) is 0 Å². The summed E-state index contributed by atoms with van der Waals surface area (Å²) < 4.78 is 0. The Bertz CT molecular complexity index is 365. The molecule has 0 fully saturated rings. The Hall–Kier alpha value is -0.0200. The van der Waals surface area contributed by atoms with Crippen molar-refractivity contribution in [3.8, 4) is 0 Å². The van der Waals surface area contributed by atoms with Crippen LogP contribution in [-0.4, -0.2) is 10.8 Å².